The summed E-state index contributed by atoms with van der Waals surface area (Å²) < 4.78 is 36.5. The third-order valence-electron chi connectivity index (χ3n) is 6.60. The molecule has 1 aliphatic heterocycles. The highest BCUT2D eigenvalue weighted by Gasteiger charge is 2.38. The molecule has 0 radical (unpaired) electrons. The van der Waals surface area contributed by atoms with Crippen molar-refractivity contribution in [3.63, 3.8) is 0 Å². The lowest BCUT2D eigenvalue weighted by Gasteiger charge is -2.31. The van der Waals surface area contributed by atoms with Gasteiger partial charge in [-0.15, -0.1) is 0 Å². The molecule has 236 valence electrons. The fraction of sp³-hybridized carbons (Fsp3) is 0.464. The Morgan fingerprint density at radius 1 is 1.14 bits per heavy atom. The molecule has 0 saturated carbocycles. The molecule has 15 heteroatoms. The van der Waals surface area contributed by atoms with Crippen LogP contribution in [0, 0.1) is 0 Å². The van der Waals surface area contributed by atoms with Crippen molar-refractivity contribution in [3.8, 4) is 0 Å². The number of methoxy groups -OCH3 is 1. The van der Waals surface area contributed by atoms with Gasteiger partial charge in [0, 0.05) is 39.1 Å². The number of nitrogens with zero attached hydrogens (tertiary/aromatic N) is 2. The summed E-state index contributed by atoms with van der Waals surface area (Å²) in [5.74, 6) is -4.21. The number of nitrogens with two attached hydrogens (primary N) is 1. The van der Waals surface area contributed by atoms with Gasteiger partial charge < -0.3 is 31.1 Å². The monoisotopic (exact) mass is 611 g/mol. The predicted octanol–water partition coefficient (Wildman–Crippen LogP) is 1.02. The lowest BCUT2D eigenvalue weighted by atomic mass is 10.0. The van der Waals surface area contributed by atoms with Crippen LogP contribution < -0.4 is 16.4 Å². The first-order chi connectivity index (χ1) is 20.3. The Morgan fingerprint density at radius 2 is 1.79 bits per heavy atom. The van der Waals surface area contributed by atoms with Crippen molar-refractivity contribution >= 4 is 40.4 Å². The van der Waals surface area contributed by atoms with Gasteiger partial charge in [0.25, 0.3) is 0 Å². The van der Waals surface area contributed by atoms with Crippen LogP contribution in [-0.4, -0.2) is 103 Å². The number of carbonyl (C=O) groups is 5. The number of fused-ring (bicyclic) bond motifs is 1. The van der Waals surface area contributed by atoms with Gasteiger partial charge in [-0.25, -0.2) is 9.59 Å². The van der Waals surface area contributed by atoms with Crippen molar-refractivity contribution in [2.45, 2.75) is 44.6 Å². The number of alkyl halides is 3. The number of benzene rings is 2. The summed E-state index contributed by atoms with van der Waals surface area (Å²) in [6.07, 6.45) is -3.38. The highest BCUT2D eigenvalue weighted by atomic mass is 19.4. The van der Waals surface area contributed by atoms with Gasteiger partial charge >= 0.3 is 18.1 Å². The Kier molecular flexibility index (Phi) is 13.3. The largest absolute Gasteiger partial charge is 0.490 e. The van der Waals surface area contributed by atoms with Gasteiger partial charge in [-0.2, -0.15) is 13.2 Å². The van der Waals surface area contributed by atoms with E-state index in [9.17, 15) is 32.3 Å². The zero-order valence-corrected chi connectivity index (χ0v) is 23.9. The van der Waals surface area contributed by atoms with Crippen molar-refractivity contribution in [1.29, 1.82) is 0 Å². The Bertz CT molecular complexity index is 1290. The normalized spacial score (nSPS) is 15.3. The summed E-state index contributed by atoms with van der Waals surface area (Å²) in [4.78, 5) is 61.6. The number of ether oxygens (including phenoxy) is 1. The number of rotatable bonds is 11. The maximum atomic E-state index is 13.1. The molecule has 1 fully saturated rings. The smallest absolute Gasteiger partial charge is 0.475 e. The lowest BCUT2D eigenvalue weighted by Crippen LogP contribution is -2.52. The maximum Gasteiger partial charge on any atom is 0.490 e. The number of esters is 1. The quantitative estimate of drug-likeness (QED) is 0.271. The fourth-order valence-electron chi connectivity index (χ4n) is 4.65. The number of hydrogen-bond acceptors (Lipinski definition) is 8. The van der Waals surface area contributed by atoms with E-state index in [-0.39, 0.29) is 43.4 Å². The van der Waals surface area contributed by atoms with E-state index < -0.39 is 24.2 Å². The Hall–Kier alpha value is -4.24. The molecule has 12 nitrogen and oxygen atoms in total. The number of halogens is 3. The van der Waals surface area contributed by atoms with Crippen LogP contribution in [0.5, 0.6) is 0 Å². The predicted molar refractivity (Wildman–Crippen MR) is 149 cm³/mol. The molecule has 0 spiro atoms. The summed E-state index contributed by atoms with van der Waals surface area (Å²) in [7, 11) is 1.23. The molecule has 0 aliphatic carbocycles. The summed E-state index contributed by atoms with van der Waals surface area (Å²) in [6.45, 7) is 2.82. The van der Waals surface area contributed by atoms with E-state index >= 15 is 0 Å². The molecule has 3 amide bonds. The van der Waals surface area contributed by atoms with Crippen LogP contribution in [0.25, 0.3) is 10.8 Å². The SMILES string of the molecule is COC(=O)[C@H](CNC(C)=O)NC(=O)CN(Cc1cccc2ccccc12)C[C@@H]1CCCN1C(=O)CN.O=C(O)C(F)(F)F. The van der Waals surface area contributed by atoms with Crippen molar-refractivity contribution in [2.75, 3.05) is 39.8 Å². The van der Waals surface area contributed by atoms with Gasteiger partial charge in [0.1, 0.15) is 6.04 Å². The Labute approximate surface area is 246 Å². The number of hydrogen-bond donors (Lipinski definition) is 4. The standard InChI is InChI=1S/C26H35N5O5.C2HF3O2/c1-18(32)28-14-23(26(35)36-2)29-24(33)17-30(16-21-10-6-12-31(21)25(34)13-27)15-20-9-5-8-19-7-3-4-11-22(19)20;3-2(4,5)1(6)7/h3-5,7-9,11,21,23H,6,10,12-17,27H2,1-2H3,(H,28,32)(H,29,33);(H,6,7)/t21-,23-;/m0./s1. The second-order valence-electron chi connectivity index (χ2n) is 9.78. The van der Waals surface area contributed by atoms with Crippen LogP contribution >= 0.6 is 0 Å². The minimum absolute atomic E-state index is 0.00204. The third kappa shape index (κ3) is 11.2. The first-order valence-corrected chi connectivity index (χ1v) is 13.4. The summed E-state index contributed by atoms with van der Waals surface area (Å²) in [6, 6.07) is 13.0. The molecule has 1 heterocycles. The molecular formula is C28H36F3N5O7. The second-order valence-corrected chi connectivity index (χ2v) is 9.78. The van der Waals surface area contributed by atoms with Gasteiger partial charge in [0.2, 0.25) is 17.7 Å². The maximum absolute atomic E-state index is 13.1. The van der Waals surface area contributed by atoms with Gasteiger partial charge in [-0.05, 0) is 29.2 Å². The van der Waals surface area contributed by atoms with Gasteiger partial charge in [0.15, 0.2) is 0 Å². The minimum Gasteiger partial charge on any atom is -0.475 e. The molecule has 0 aromatic heterocycles. The molecule has 43 heavy (non-hydrogen) atoms. The van der Waals surface area contributed by atoms with Crippen LogP contribution in [0.4, 0.5) is 13.2 Å². The van der Waals surface area contributed by atoms with E-state index in [2.05, 4.69) is 10.6 Å². The molecular weight excluding hydrogens is 575 g/mol. The first kappa shape index (κ1) is 35.0. The molecule has 5 N–H and O–H groups in total. The molecule has 2 aromatic carbocycles. The zero-order chi connectivity index (χ0) is 32.2. The summed E-state index contributed by atoms with van der Waals surface area (Å²) in [5, 5.41) is 14.5. The minimum atomic E-state index is -5.08. The number of aliphatic carboxylic acids is 1. The number of nitrogens with one attached hydrogen (secondary N) is 2. The van der Waals surface area contributed by atoms with Gasteiger partial charge in [-0.1, -0.05) is 42.5 Å². The zero-order valence-electron chi connectivity index (χ0n) is 23.9. The molecule has 1 aliphatic rings. The first-order valence-electron chi connectivity index (χ1n) is 13.4. The van der Waals surface area contributed by atoms with Crippen molar-refractivity contribution in [1.82, 2.24) is 20.4 Å². The average molecular weight is 612 g/mol. The number of amides is 3. The van der Waals surface area contributed by atoms with Crippen molar-refractivity contribution < 1.29 is 47.0 Å². The second kappa shape index (κ2) is 16.4. The molecule has 2 aromatic rings. The van der Waals surface area contributed by atoms with Gasteiger partial charge in [-0.3, -0.25) is 19.3 Å². The number of carbonyl (C=O) groups excluding carboxylic acids is 4. The molecule has 2 atom stereocenters. The van der Waals surface area contributed by atoms with E-state index in [1.807, 2.05) is 47.4 Å². The topological polar surface area (TPSA) is 171 Å². The summed E-state index contributed by atoms with van der Waals surface area (Å²) in [5.41, 5.74) is 6.67. The van der Waals surface area contributed by atoms with Crippen LogP contribution in [-0.2, 0) is 35.3 Å². The van der Waals surface area contributed by atoms with Gasteiger partial charge in [0.05, 0.1) is 20.2 Å². The Morgan fingerprint density at radius 3 is 2.40 bits per heavy atom. The van der Waals surface area contributed by atoms with E-state index in [1.165, 1.54) is 14.0 Å². The average Bonchev–Trinajstić information content (AvgIpc) is 3.42. The van der Waals surface area contributed by atoms with Crippen LogP contribution in [0.2, 0.25) is 0 Å². The number of carboxylic acid groups (broad SMARTS) is 1. The number of likely N-dealkylation sites (tertiary alicyclic amines) is 1. The van der Waals surface area contributed by atoms with Crippen molar-refractivity contribution in [3.05, 3.63) is 48.0 Å². The van der Waals surface area contributed by atoms with E-state index in [4.69, 9.17) is 20.4 Å². The third-order valence-corrected chi connectivity index (χ3v) is 6.60. The van der Waals surface area contributed by atoms with E-state index in [0.29, 0.717) is 19.6 Å². The van der Waals surface area contributed by atoms with Crippen LogP contribution in [0.1, 0.15) is 25.3 Å². The van der Waals surface area contributed by atoms with E-state index in [0.717, 1.165) is 29.2 Å². The molecule has 0 unspecified atom stereocenters. The highest BCUT2D eigenvalue weighted by molar-refractivity contribution is 5.87. The summed E-state index contributed by atoms with van der Waals surface area (Å²) >= 11 is 0. The van der Waals surface area contributed by atoms with Crippen molar-refractivity contribution in [2.24, 2.45) is 5.73 Å². The number of carboxylic acids is 1. The van der Waals surface area contributed by atoms with E-state index in [1.54, 1.807) is 4.90 Å². The molecule has 0 bridgehead atoms. The lowest BCUT2D eigenvalue weighted by molar-refractivity contribution is -0.192. The highest BCUT2D eigenvalue weighted by Crippen LogP contribution is 2.23. The van der Waals surface area contributed by atoms with Crippen LogP contribution in [0.15, 0.2) is 42.5 Å². The molecule has 1 saturated heterocycles. The fourth-order valence-corrected chi connectivity index (χ4v) is 4.65. The Balaban J connectivity index is 0.000000821. The van der Waals surface area contributed by atoms with Crippen LogP contribution in [0.3, 0.4) is 0 Å². The molecule has 3 rings (SSSR count).